The molecule has 0 spiro atoms. The average molecular weight is 347 g/mol. The van der Waals surface area contributed by atoms with Crippen LogP contribution >= 0.6 is 24.2 Å². The van der Waals surface area contributed by atoms with Crippen LogP contribution in [0.5, 0.6) is 5.75 Å². The number of thiol groups is 1. The molecule has 0 aliphatic heterocycles. The molecule has 0 atom stereocenters. The van der Waals surface area contributed by atoms with Crippen LogP contribution in [0.25, 0.3) is 16.2 Å². The Balaban J connectivity index is 2.22. The van der Waals surface area contributed by atoms with Crippen molar-refractivity contribution >= 4 is 30.0 Å². The largest absolute Gasteiger partial charge is 0.508 e. The smallest absolute Gasteiger partial charge is 0.137 e. The topological polar surface area (TPSA) is 29.5 Å². The van der Waals surface area contributed by atoms with Crippen LogP contribution in [0.4, 0.5) is 0 Å². The van der Waals surface area contributed by atoms with Gasteiger partial charge in [0.1, 0.15) is 11.5 Å². The van der Waals surface area contributed by atoms with Gasteiger partial charge in [-0.05, 0) is 60.4 Å². The van der Waals surface area contributed by atoms with Crippen LogP contribution in [0.15, 0.2) is 24.8 Å². The van der Waals surface area contributed by atoms with Gasteiger partial charge in [0.2, 0.25) is 0 Å². The van der Waals surface area contributed by atoms with E-state index in [0.717, 1.165) is 34.4 Å². The van der Waals surface area contributed by atoms with Gasteiger partial charge in [-0.3, -0.25) is 0 Å². The minimum Gasteiger partial charge on any atom is -0.508 e. The molecule has 0 unspecified atom stereocenters. The number of hydrogen-bond donors (Lipinski definition) is 2. The first kappa shape index (κ1) is 16.5. The highest BCUT2D eigenvalue weighted by Crippen LogP contribution is 2.47. The molecule has 1 aliphatic carbocycles. The van der Waals surface area contributed by atoms with E-state index in [0.29, 0.717) is 5.75 Å². The van der Waals surface area contributed by atoms with E-state index in [-0.39, 0.29) is 11.2 Å². The second-order valence-electron chi connectivity index (χ2n) is 7.06. The number of fused-ring (bicyclic) bond motifs is 1. The molecule has 0 radical (unpaired) electrons. The first-order valence-electron chi connectivity index (χ1n) is 7.77. The third-order valence-electron chi connectivity index (χ3n) is 4.62. The summed E-state index contributed by atoms with van der Waals surface area (Å²) in [5.74, 6) is 0.863. The third kappa shape index (κ3) is 3.02. The molecule has 2 aromatic rings. The van der Waals surface area contributed by atoms with E-state index >= 15 is 0 Å². The van der Waals surface area contributed by atoms with Crippen LogP contribution in [0.3, 0.4) is 0 Å². The third-order valence-corrected chi connectivity index (χ3v) is 6.16. The second kappa shape index (κ2) is 5.91. The number of hydrogen-bond acceptors (Lipinski definition) is 4. The lowest BCUT2D eigenvalue weighted by Gasteiger charge is -2.30. The molecule has 2 nitrogen and oxygen atoms in total. The molecule has 1 aromatic carbocycles. The lowest BCUT2D eigenvalue weighted by molar-refractivity contribution is 0.317. The molecule has 0 saturated carbocycles. The molecule has 1 heterocycles. The normalized spacial score (nSPS) is 16.0. The van der Waals surface area contributed by atoms with Gasteiger partial charge in [-0.25, -0.2) is 0 Å². The van der Waals surface area contributed by atoms with Crippen molar-refractivity contribution in [2.24, 2.45) is 5.41 Å². The molecule has 0 amide bonds. The Labute approximate surface area is 147 Å². The summed E-state index contributed by atoms with van der Waals surface area (Å²) in [7, 11) is 0. The minimum atomic E-state index is 0.159. The van der Waals surface area contributed by atoms with Gasteiger partial charge in [0, 0.05) is 28.2 Å². The average Bonchev–Trinajstić information content (AvgIpc) is 2.84. The van der Waals surface area contributed by atoms with Crippen molar-refractivity contribution in [3.05, 3.63) is 46.3 Å². The van der Waals surface area contributed by atoms with Gasteiger partial charge in [0.25, 0.3) is 0 Å². The molecular formula is C19H22O2S2. The summed E-state index contributed by atoms with van der Waals surface area (Å²) in [5.41, 5.74) is 4.68. The van der Waals surface area contributed by atoms with Crippen molar-refractivity contribution in [1.82, 2.24) is 0 Å². The molecule has 122 valence electrons. The molecule has 4 heteroatoms. The summed E-state index contributed by atoms with van der Waals surface area (Å²) in [6.07, 6.45) is 3.22. The van der Waals surface area contributed by atoms with Crippen molar-refractivity contribution in [3.63, 3.8) is 0 Å². The van der Waals surface area contributed by atoms with Crippen LogP contribution < -0.4 is 4.18 Å². The van der Waals surface area contributed by atoms with Crippen LogP contribution in [0.2, 0.25) is 0 Å². The molecule has 0 bridgehead atoms. The molecule has 1 aliphatic rings. The van der Waals surface area contributed by atoms with E-state index in [4.69, 9.17) is 4.18 Å². The highest BCUT2D eigenvalue weighted by molar-refractivity contribution is 7.75. The Morgan fingerprint density at radius 2 is 2.13 bits per heavy atom. The fraction of sp³-hybridized carbons (Fsp3) is 0.368. The molecule has 0 saturated heterocycles. The maximum Gasteiger partial charge on any atom is 0.137 e. The standard InChI is InChI=1S/C19H22O2S2/c1-11-5-6-13(21-22)9-14(11)18-17(12(2)20)15-10-19(3,4)8-7-16(15)23-18/h5-6,9,20,22H,2,7-8,10H2,1,3-4H3. The van der Waals surface area contributed by atoms with E-state index in [1.165, 1.54) is 16.9 Å². The first-order chi connectivity index (χ1) is 10.8. The van der Waals surface area contributed by atoms with Gasteiger partial charge < -0.3 is 9.29 Å². The number of rotatable bonds is 3. The molecule has 1 aromatic heterocycles. The molecule has 0 fully saturated rings. The van der Waals surface area contributed by atoms with Gasteiger partial charge in [-0.15, -0.1) is 11.3 Å². The molecular weight excluding hydrogens is 324 g/mol. The zero-order chi connectivity index (χ0) is 16.8. The van der Waals surface area contributed by atoms with Crippen molar-refractivity contribution in [1.29, 1.82) is 0 Å². The summed E-state index contributed by atoms with van der Waals surface area (Å²) in [6.45, 7) is 10.5. The fourth-order valence-electron chi connectivity index (χ4n) is 3.32. The highest BCUT2D eigenvalue weighted by Gasteiger charge is 2.31. The Kier molecular flexibility index (Phi) is 4.23. The summed E-state index contributed by atoms with van der Waals surface area (Å²) >= 11 is 5.68. The maximum atomic E-state index is 10.3. The molecule has 1 N–H and O–H groups in total. The van der Waals surface area contributed by atoms with Crippen molar-refractivity contribution in [2.45, 2.75) is 40.0 Å². The van der Waals surface area contributed by atoms with E-state index in [1.807, 2.05) is 18.2 Å². The summed E-state index contributed by atoms with van der Waals surface area (Å²) < 4.78 is 5.08. The predicted molar refractivity (Wildman–Crippen MR) is 102 cm³/mol. The number of thiophene rings is 1. The van der Waals surface area contributed by atoms with Crippen molar-refractivity contribution in [2.75, 3.05) is 0 Å². The molecule has 23 heavy (non-hydrogen) atoms. The van der Waals surface area contributed by atoms with Crippen molar-refractivity contribution in [3.8, 4) is 16.2 Å². The van der Waals surface area contributed by atoms with Gasteiger partial charge in [-0.2, -0.15) is 0 Å². The lowest BCUT2D eigenvalue weighted by Crippen LogP contribution is -2.21. The lowest BCUT2D eigenvalue weighted by atomic mass is 9.75. The van der Waals surface area contributed by atoms with Crippen LogP contribution in [0.1, 0.15) is 41.8 Å². The summed E-state index contributed by atoms with van der Waals surface area (Å²) in [5, 5.41) is 10.3. The van der Waals surface area contributed by atoms with E-state index < -0.39 is 0 Å². The number of aliphatic hydroxyl groups excluding tert-OH is 1. The molecule has 3 rings (SSSR count). The monoisotopic (exact) mass is 346 g/mol. The Morgan fingerprint density at radius 3 is 2.78 bits per heavy atom. The SMILES string of the molecule is C=C(O)c1c(-c2cc(OS)ccc2C)sc2c1CC(C)(C)CC2. The van der Waals surface area contributed by atoms with E-state index in [2.05, 4.69) is 40.3 Å². The highest BCUT2D eigenvalue weighted by atomic mass is 32.1. The number of aryl methyl sites for hydroxylation is 2. The van der Waals surface area contributed by atoms with Gasteiger partial charge in [0.15, 0.2) is 0 Å². The van der Waals surface area contributed by atoms with Crippen LogP contribution in [-0.2, 0) is 12.8 Å². The summed E-state index contributed by atoms with van der Waals surface area (Å²) in [4.78, 5) is 2.46. The van der Waals surface area contributed by atoms with Crippen molar-refractivity contribution < 1.29 is 9.29 Å². The Hall–Kier alpha value is -1.39. The van der Waals surface area contributed by atoms with Crippen LogP contribution in [-0.4, -0.2) is 5.11 Å². The van der Waals surface area contributed by atoms with Gasteiger partial charge in [-0.1, -0.05) is 26.5 Å². The zero-order valence-corrected chi connectivity index (χ0v) is 15.5. The van der Waals surface area contributed by atoms with Gasteiger partial charge >= 0.3 is 0 Å². The number of benzene rings is 1. The van der Waals surface area contributed by atoms with Gasteiger partial charge in [0.05, 0.1) is 0 Å². The quantitative estimate of drug-likeness (QED) is 0.406. The fourth-order valence-corrected chi connectivity index (χ4v) is 4.85. The van der Waals surface area contributed by atoms with Crippen LogP contribution in [0, 0.1) is 12.3 Å². The van der Waals surface area contributed by atoms with E-state index in [9.17, 15) is 5.11 Å². The number of aliphatic hydroxyl groups is 1. The second-order valence-corrected chi connectivity index (χ2v) is 8.35. The maximum absolute atomic E-state index is 10.3. The summed E-state index contributed by atoms with van der Waals surface area (Å²) in [6, 6.07) is 5.90. The van der Waals surface area contributed by atoms with E-state index in [1.54, 1.807) is 11.3 Å². The minimum absolute atomic E-state index is 0.159. The first-order valence-corrected chi connectivity index (χ1v) is 8.96. The Morgan fingerprint density at radius 1 is 1.39 bits per heavy atom. The predicted octanol–water partition coefficient (Wildman–Crippen LogP) is 5.99. The Bertz CT molecular complexity index is 772. The zero-order valence-electron chi connectivity index (χ0n) is 13.8.